The average molecular weight is 459 g/mol. The number of hydrogen-bond acceptors (Lipinski definition) is 3. The first-order valence-corrected chi connectivity index (χ1v) is 10.9. The molecule has 0 unspecified atom stereocenters. The standard InChI is InChI=1S/C23H27BrN2O3/c1-3-13-29-21-8-7-17(15-20(21)24)22(27)25-19-6-4-5-18(14-19)23(28)26-11-9-16(2)10-12-26/h4-8,14-16H,3,9-13H2,1-2H3,(H,25,27). The van der Waals surface area contributed by atoms with Crippen molar-refractivity contribution in [1.29, 1.82) is 0 Å². The van der Waals surface area contributed by atoms with Gasteiger partial charge in [0.15, 0.2) is 0 Å². The fourth-order valence-electron chi connectivity index (χ4n) is 3.30. The summed E-state index contributed by atoms with van der Waals surface area (Å²) in [5, 5.41) is 2.88. The zero-order valence-corrected chi connectivity index (χ0v) is 18.5. The first-order valence-electron chi connectivity index (χ1n) is 10.1. The van der Waals surface area contributed by atoms with E-state index in [0.717, 1.165) is 36.8 Å². The number of benzene rings is 2. The van der Waals surface area contributed by atoms with Crippen molar-refractivity contribution in [1.82, 2.24) is 4.90 Å². The van der Waals surface area contributed by atoms with Gasteiger partial charge in [0.05, 0.1) is 11.1 Å². The maximum absolute atomic E-state index is 12.8. The lowest BCUT2D eigenvalue weighted by atomic mass is 9.98. The van der Waals surface area contributed by atoms with Crippen molar-refractivity contribution in [3.63, 3.8) is 0 Å². The molecule has 154 valence electrons. The highest BCUT2D eigenvalue weighted by atomic mass is 79.9. The van der Waals surface area contributed by atoms with Crippen LogP contribution < -0.4 is 10.1 Å². The fraction of sp³-hybridized carbons (Fsp3) is 0.391. The number of rotatable bonds is 6. The molecular formula is C23H27BrN2O3. The van der Waals surface area contributed by atoms with E-state index in [0.29, 0.717) is 35.1 Å². The molecule has 1 aliphatic rings. The van der Waals surface area contributed by atoms with E-state index >= 15 is 0 Å². The van der Waals surface area contributed by atoms with Crippen LogP contribution >= 0.6 is 15.9 Å². The molecule has 1 saturated heterocycles. The summed E-state index contributed by atoms with van der Waals surface area (Å²) in [6.45, 7) is 6.47. The van der Waals surface area contributed by atoms with Gasteiger partial charge >= 0.3 is 0 Å². The molecule has 0 aliphatic carbocycles. The van der Waals surface area contributed by atoms with E-state index in [-0.39, 0.29) is 11.8 Å². The van der Waals surface area contributed by atoms with E-state index in [9.17, 15) is 9.59 Å². The van der Waals surface area contributed by atoms with Crippen LogP contribution in [-0.2, 0) is 0 Å². The summed E-state index contributed by atoms with van der Waals surface area (Å²) in [5.41, 5.74) is 1.72. The summed E-state index contributed by atoms with van der Waals surface area (Å²) in [7, 11) is 0. The summed E-state index contributed by atoms with van der Waals surface area (Å²) in [4.78, 5) is 27.3. The lowest BCUT2D eigenvalue weighted by Crippen LogP contribution is -2.37. The van der Waals surface area contributed by atoms with Crippen LogP contribution in [0.15, 0.2) is 46.9 Å². The third-order valence-electron chi connectivity index (χ3n) is 5.09. The summed E-state index contributed by atoms with van der Waals surface area (Å²) < 4.78 is 6.36. The van der Waals surface area contributed by atoms with E-state index in [1.807, 2.05) is 11.8 Å². The number of nitrogens with one attached hydrogen (secondary N) is 1. The van der Waals surface area contributed by atoms with Gasteiger partial charge in [-0.25, -0.2) is 0 Å². The largest absolute Gasteiger partial charge is 0.492 e. The Bertz CT molecular complexity index is 876. The Morgan fingerprint density at radius 3 is 2.59 bits per heavy atom. The van der Waals surface area contributed by atoms with E-state index in [1.165, 1.54) is 0 Å². The molecule has 0 aromatic heterocycles. The van der Waals surface area contributed by atoms with Gasteiger partial charge in [-0.2, -0.15) is 0 Å². The lowest BCUT2D eigenvalue weighted by Gasteiger charge is -2.30. The molecule has 0 atom stereocenters. The number of hydrogen-bond donors (Lipinski definition) is 1. The van der Waals surface area contributed by atoms with Crippen molar-refractivity contribution in [2.45, 2.75) is 33.1 Å². The Hall–Kier alpha value is -2.34. The highest BCUT2D eigenvalue weighted by Gasteiger charge is 2.21. The van der Waals surface area contributed by atoms with E-state index in [4.69, 9.17) is 4.74 Å². The zero-order valence-electron chi connectivity index (χ0n) is 16.9. The molecule has 0 saturated carbocycles. The lowest BCUT2D eigenvalue weighted by molar-refractivity contribution is 0.0697. The number of anilines is 1. The smallest absolute Gasteiger partial charge is 0.255 e. The van der Waals surface area contributed by atoms with Crippen LogP contribution in [0.4, 0.5) is 5.69 Å². The van der Waals surface area contributed by atoms with Gasteiger partial charge in [-0.3, -0.25) is 9.59 Å². The van der Waals surface area contributed by atoms with E-state index in [2.05, 4.69) is 28.2 Å². The Balaban J connectivity index is 1.67. The minimum absolute atomic E-state index is 0.0215. The first kappa shape index (κ1) is 21.4. The van der Waals surface area contributed by atoms with Gasteiger partial charge in [0.25, 0.3) is 11.8 Å². The molecule has 1 heterocycles. The molecule has 0 spiro atoms. The minimum Gasteiger partial charge on any atom is -0.492 e. The van der Waals surface area contributed by atoms with Crippen LogP contribution in [0.3, 0.4) is 0 Å². The molecule has 2 aromatic carbocycles. The molecule has 1 fully saturated rings. The van der Waals surface area contributed by atoms with Gasteiger partial charge in [-0.1, -0.05) is 19.9 Å². The predicted octanol–water partition coefficient (Wildman–Crippen LogP) is 5.36. The Morgan fingerprint density at radius 1 is 1.14 bits per heavy atom. The summed E-state index contributed by atoms with van der Waals surface area (Å²) in [6.07, 6.45) is 2.99. The van der Waals surface area contributed by atoms with Crippen molar-refractivity contribution < 1.29 is 14.3 Å². The van der Waals surface area contributed by atoms with E-state index in [1.54, 1.807) is 42.5 Å². The quantitative estimate of drug-likeness (QED) is 0.633. The molecule has 29 heavy (non-hydrogen) atoms. The van der Waals surface area contributed by atoms with Gasteiger partial charge in [0.2, 0.25) is 0 Å². The molecule has 2 amide bonds. The van der Waals surface area contributed by atoms with Crippen molar-refractivity contribution in [3.8, 4) is 5.75 Å². The molecule has 2 aromatic rings. The van der Waals surface area contributed by atoms with Crippen molar-refractivity contribution in [2.75, 3.05) is 25.0 Å². The van der Waals surface area contributed by atoms with Crippen molar-refractivity contribution in [3.05, 3.63) is 58.1 Å². The third kappa shape index (κ3) is 5.60. The van der Waals surface area contributed by atoms with Crippen LogP contribution in [-0.4, -0.2) is 36.4 Å². The Morgan fingerprint density at radius 2 is 1.90 bits per heavy atom. The van der Waals surface area contributed by atoms with Gasteiger partial charge in [0, 0.05) is 29.9 Å². The minimum atomic E-state index is -0.232. The highest BCUT2D eigenvalue weighted by Crippen LogP contribution is 2.27. The summed E-state index contributed by atoms with van der Waals surface area (Å²) in [6, 6.07) is 12.4. The average Bonchev–Trinajstić information content (AvgIpc) is 2.73. The number of likely N-dealkylation sites (tertiary alicyclic amines) is 1. The van der Waals surface area contributed by atoms with Gasteiger partial charge in [0.1, 0.15) is 5.75 Å². The predicted molar refractivity (Wildman–Crippen MR) is 119 cm³/mol. The molecule has 0 radical (unpaired) electrons. The van der Waals surface area contributed by atoms with Crippen LogP contribution in [0.5, 0.6) is 5.75 Å². The fourth-order valence-corrected chi connectivity index (χ4v) is 3.79. The maximum atomic E-state index is 12.8. The molecule has 3 rings (SSSR count). The second-order valence-corrected chi connectivity index (χ2v) is 8.36. The normalized spacial score (nSPS) is 14.5. The van der Waals surface area contributed by atoms with Gasteiger partial charge in [-0.15, -0.1) is 0 Å². The first-order chi connectivity index (χ1) is 14.0. The second kappa shape index (κ2) is 9.92. The SMILES string of the molecule is CCCOc1ccc(C(=O)Nc2cccc(C(=O)N3CCC(C)CC3)c2)cc1Br. The number of carbonyl (C=O) groups excluding carboxylic acids is 2. The third-order valence-corrected chi connectivity index (χ3v) is 5.71. The monoisotopic (exact) mass is 458 g/mol. The second-order valence-electron chi connectivity index (χ2n) is 7.50. The summed E-state index contributed by atoms with van der Waals surface area (Å²) in [5.74, 6) is 1.17. The highest BCUT2D eigenvalue weighted by molar-refractivity contribution is 9.10. The van der Waals surface area contributed by atoms with Crippen LogP contribution in [0, 0.1) is 5.92 Å². The van der Waals surface area contributed by atoms with E-state index < -0.39 is 0 Å². The number of halogens is 1. The van der Waals surface area contributed by atoms with Gasteiger partial charge < -0.3 is 15.0 Å². The molecule has 1 aliphatic heterocycles. The number of ether oxygens (including phenoxy) is 1. The number of amides is 2. The summed E-state index contributed by atoms with van der Waals surface area (Å²) >= 11 is 3.45. The topological polar surface area (TPSA) is 58.6 Å². The maximum Gasteiger partial charge on any atom is 0.255 e. The Kier molecular flexibility index (Phi) is 7.31. The molecule has 0 bridgehead atoms. The molecular weight excluding hydrogens is 432 g/mol. The Labute approximate surface area is 180 Å². The molecule has 6 heteroatoms. The van der Waals surface area contributed by atoms with Crippen molar-refractivity contribution in [2.24, 2.45) is 5.92 Å². The van der Waals surface area contributed by atoms with Crippen LogP contribution in [0.25, 0.3) is 0 Å². The van der Waals surface area contributed by atoms with Crippen molar-refractivity contribution >= 4 is 33.4 Å². The number of carbonyl (C=O) groups is 2. The molecule has 5 nitrogen and oxygen atoms in total. The number of piperidine rings is 1. The number of nitrogens with zero attached hydrogens (tertiary/aromatic N) is 1. The van der Waals surface area contributed by atoms with Crippen LogP contribution in [0.2, 0.25) is 0 Å². The zero-order chi connectivity index (χ0) is 20.8. The van der Waals surface area contributed by atoms with Gasteiger partial charge in [-0.05, 0) is 77.5 Å². The molecule has 1 N–H and O–H groups in total. The van der Waals surface area contributed by atoms with Crippen LogP contribution in [0.1, 0.15) is 53.8 Å².